The number of nitrogens with one attached hydrogen (secondary N) is 1. The standard InChI is InChI=1S/C17H14F4N2OS/c18-12-5-3-4-11(10-12)15-23(8-9-25-15)16(24)22-14-7-2-1-6-13(14)17(19,20)21/h1-7,10,15H,8-9H2,(H,22,24). The van der Waals surface area contributed by atoms with Crippen LogP contribution in [0.2, 0.25) is 0 Å². The van der Waals surface area contributed by atoms with Crippen molar-refractivity contribution >= 4 is 23.5 Å². The summed E-state index contributed by atoms with van der Waals surface area (Å²) in [6.45, 7) is 0.367. The third-order valence-corrected chi connectivity index (χ3v) is 5.02. The largest absolute Gasteiger partial charge is 0.418 e. The molecule has 25 heavy (non-hydrogen) atoms. The number of nitrogens with zero attached hydrogens (tertiary/aromatic N) is 1. The first-order chi connectivity index (χ1) is 11.9. The monoisotopic (exact) mass is 370 g/mol. The molecule has 132 valence electrons. The second kappa shape index (κ2) is 6.95. The summed E-state index contributed by atoms with van der Waals surface area (Å²) in [5, 5.41) is 1.90. The Morgan fingerprint density at radius 3 is 2.64 bits per heavy atom. The number of hydrogen-bond acceptors (Lipinski definition) is 2. The molecule has 1 N–H and O–H groups in total. The minimum Gasteiger partial charge on any atom is -0.308 e. The van der Waals surface area contributed by atoms with Crippen molar-refractivity contribution in [2.75, 3.05) is 17.6 Å². The number of para-hydroxylation sites is 1. The lowest BCUT2D eigenvalue weighted by Gasteiger charge is -2.25. The van der Waals surface area contributed by atoms with E-state index < -0.39 is 29.0 Å². The van der Waals surface area contributed by atoms with Crippen LogP contribution in [0.4, 0.5) is 28.0 Å². The molecule has 1 atom stereocenters. The SMILES string of the molecule is O=C(Nc1ccccc1C(F)(F)F)N1CCSC1c1cccc(F)c1. The van der Waals surface area contributed by atoms with E-state index in [2.05, 4.69) is 5.32 Å². The number of rotatable bonds is 2. The van der Waals surface area contributed by atoms with E-state index in [4.69, 9.17) is 0 Å². The number of benzene rings is 2. The Morgan fingerprint density at radius 1 is 1.16 bits per heavy atom. The molecule has 3 rings (SSSR count). The molecule has 0 radical (unpaired) electrons. The van der Waals surface area contributed by atoms with Crippen molar-refractivity contribution in [2.24, 2.45) is 0 Å². The van der Waals surface area contributed by atoms with E-state index in [9.17, 15) is 22.4 Å². The number of hydrogen-bond donors (Lipinski definition) is 1. The van der Waals surface area contributed by atoms with Crippen LogP contribution in [-0.2, 0) is 6.18 Å². The molecule has 1 saturated heterocycles. The van der Waals surface area contributed by atoms with Gasteiger partial charge in [0.1, 0.15) is 11.2 Å². The Bertz CT molecular complexity index is 781. The summed E-state index contributed by atoms with van der Waals surface area (Å²) in [5.41, 5.74) is -0.603. The zero-order chi connectivity index (χ0) is 18.0. The number of thioether (sulfide) groups is 1. The van der Waals surface area contributed by atoms with E-state index in [-0.39, 0.29) is 5.69 Å². The first-order valence-corrected chi connectivity index (χ1v) is 8.52. The van der Waals surface area contributed by atoms with Crippen molar-refractivity contribution in [2.45, 2.75) is 11.6 Å². The van der Waals surface area contributed by atoms with Crippen LogP contribution in [0.25, 0.3) is 0 Å². The van der Waals surface area contributed by atoms with Crippen molar-refractivity contribution in [1.82, 2.24) is 4.90 Å². The normalized spacial score (nSPS) is 17.6. The number of carbonyl (C=O) groups is 1. The van der Waals surface area contributed by atoms with Gasteiger partial charge in [-0.2, -0.15) is 13.2 Å². The van der Waals surface area contributed by atoms with E-state index in [1.165, 1.54) is 47.0 Å². The molecule has 0 aliphatic carbocycles. The van der Waals surface area contributed by atoms with E-state index >= 15 is 0 Å². The van der Waals surface area contributed by atoms with E-state index in [1.807, 2.05) is 0 Å². The van der Waals surface area contributed by atoms with Gasteiger partial charge >= 0.3 is 12.2 Å². The van der Waals surface area contributed by atoms with Crippen molar-refractivity contribution in [3.8, 4) is 0 Å². The van der Waals surface area contributed by atoms with Gasteiger partial charge < -0.3 is 10.2 Å². The van der Waals surface area contributed by atoms with Gasteiger partial charge in [-0.25, -0.2) is 9.18 Å². The molecule has 3 nitrogen and oxygen atoms in total. The number of halogens is 4. The van der Waals surface area contributed by atoms with Crippen LogP contribution in [0.5, 0.6) is 0 Å². The number of carbonyl (C=O) groups excluding carboxylic acids is 1. The molecular formula is C17H14F4N2OS. The van der Waals surface area contributed by atoms with Crippen molar-refractivity contribution in [3.63, 3.8) is 0 Å². The average molecular weight is 370 g/mol. The zero-order valence-corrected chi connectivity index (χ0v) is 13.7. The topological polar surface area (TPSA) is 32.3 Å². The van der Waals surface area contributed by atoms with Crippen molar-refractivity contribution < 1.29 is 22.4 Å². The summed E-state index contributed by atoms with van der Waals surface area (Å²) in [6.07, 6.45) is -4.56. The van der Waals surface area contributed by atoms with Crippen LogP contribution in [0.1, 0.15) is 16.5 Å². The molecule has 2 aromatic carbocycles. The molecule has 0 bridgehead atoms. The van der Waals surface area contributed by atoms with Crippen LogP contribution in [-0.4, -0.2) is 23.2 Å². The lowest BCUT2D eigenvalue weighted by atomic mass is 10.1. The maximum absolute atomic E-state index is 13.4. The number of urea groups is 1. The molecule has 2 amide bonds. The van der Waals surface area contributed by atoms with E-state index in [0.29, 0.717) is 17.9 Å². The van der Waals surface area contributed by atoms with Gasteiger partial charge in [0.15, 0.2) is 0 Å². The fourth-order valence-electron chi connectivity index (χ4n) is 2.64. The first kappa shape index (κ1) is 17.6. The Labute approximate surface area is 146 Å². The average Bonchev–Trinajstić information content (AvgIpc) is 3.04. The van der Waals surface area contributed by atoms with Crippen molar-refractivity contribution in [1.29, 1.82) is 0 Å². The summed E-state index contributed by atoms with van der Waals surface area (Å²) in [6, 6.07) is 10.0. The highest BCUT2D eigenvalue weighted by atomic mass is 32.2. The fourth-order valence-corrected chi connectivity index (χ4v) is 3.89. The third-order valence-electron chi connectivity index (χ3n) is 3.76. The molecule has 2 aromatic rings. The van der Waals surface area contributed by atoms with Gasteiger partial charge in [-0.3, -0.25) is 0 Å². The predicted octanol–water partition coefficient (Wildman–Crippen LogP) is 5.12. The molecular weight excluding hydrogens is 356 g/mol. The second-order valence-electron chi connectivity index (χ2n) is 5.45. The van der Waals surface area contributed by atoms with Gasteiger partial charge in [0.05, 0.1) is 11.3 Å². The Morgan fingerprint density at radius 2 is 1.92 bits per heavy atom. The second-order valence-corrected chi connectivity index (χ2v) is 6.63. The van der Waals surface area contributed by atoms with Crippen LogP contribution in [0.15, 0.2) is 48.5 Å². The zero-order valence-electron chi connectivity index (χ0n) is 12.9. The van der Waals surface area contributed by atoms with Crippen LogP contribution in [0, 0.1) is 5.82 Å². The maximum atomic E-state index is 13.4. The van der Waals surface area contributed by atoms with Gasteiger partial charge in [-0.1, -0.05) is 24.3 Å². The van der Waals surface area contributed by atoms with Gasteiger partial charge in [0.25, 0.3) is 0 Å². The van der Waals surface area contributed by atoms with Gasteiger partial charge in [-0.05, 0) is 29.8 Å². The van der Waals surface area contributed by atoms with E-state index in [1.54, 1.807) is 12.1 Å². The minimum atomic E-state index is -4.56. The Balaban J connectivity index is 1.82. The van der Waals surface area contributed by atoms with Gasteiger partial charge in [0.2, 0.25) is 0 Å². The highest BCUT2D eigenvalue weighted by Crippen LogP contribution is 2.39. The lowest BCUT2D eigenvalue weighted by molar-refractivity contribution is -0.136. The quantitative estimate of drug-likeness (QED) is 0.744. The van der Waals surface area contributed by atoms with Crippen LogP contribution < -0.4 is 5.32 Å². The molecule has 1 heterocycles. The summed E-state index contributed by atoms with van der Waals surface area (Å²) in [5.74, 6) is 0.197. The third kappa shape index (κ3) is 3.89. The molecule has 1 aliphatic rings. The lowest BCUT2D eigenvalue weighted by Crippen LogP contribution is -2.35. The smallest absolute Gasteiger partial charge is 0.308 e. The molecule has 1 aliphatic heterocycles. The number of anilines is 1. The minimum absolute atomic E-state index is 0.296. The Hall–Kier alpha value is -2.22. The predicted molar refractivity (Wildman–Crippen MR) is 88.8 cm³/mol. The number of amides is 2. The van der Waals surface area contributed by atoms with Gasteiger partial charge in [-0.15, -0.1) is 11.8 Å². The summed E-state index contributed by atoms with van der Waals surface area (Å²) < 4.78 is 52.6. The summed E-state index contributed by atoms with van der Waals surface area (Å²) in [7, 11) is 0. The van der Waals surface area contributed by atoms with Gasteiger partial charge in [0, 0.05) is 12.3 Å². The number of alkyl halides is 3. The highest BCUT2D eigenvalue weighted by molar-refractivity contribution is 7.99. The maximum Gasteiger partial charge on any atom is 0.418 e. The first-order valence-electron chi connectivity index (χ1n) is 7.47. The molecule has 1 unspecified atom stereocenters. The van der Waals surface area contributed by atoms with Crippen LogP contribution >= 0.6 is 11.8 Å². The fraction of sp³-hybridized carbons (Fsp3) is 0.235. The molecule has 0 spiro atoms. The summed E-state index contributed by atoms with van der Waals surface area (Å²) >= 11 is 1.44. The Kier molecular flexibility index (Phi) is 4.89. The highest BCUT2D eigenvalue weighted by Gasteiger charge is 2.35. The molecule has 0 saturated carbocycles. The van der Waals surface area contributed by atoms with E-state index in [0.717, 1.165) is 6.07 Å². The summed E-state index contributed by atoms with van der Waals surface area (Å²) in [4.78, 5) is 13.9. The molecule has 8 heteroatoms. The van der Waals surface area contributed by atoms with Crippen LogP contribution in [0.3, 0.4) is 0 Å². The molecule has 1 fully saturated rings. The van der Waals surface area contributed by atoms with Crippen molar-refractivity contribution in [3.05, 3.63) is 65.5 Å². The molecule has 0 aromatic heterocycles.